The molecule has 0 saturated heterocycles. The van der Waals surface area contributed by atoms with Gasteiger partial charge in [0.05, 0.1) is 19.3 Å². The second kappa shape index (κ2) is 7.82. The first kappa shape index (κ1) is 18.0. The summed E-state index contributed by atoms with van der Waals surface area (Å²) in [6.45, 7) is -0.0378. The molecule has 22 heavy (non-hydrogen) atoms. The Hall–Kier alpha value is -2.04. The maximum Gasteiger partial charge on any atom is 0.236 e. The second-order valence-electron chi connectivity index (χ2n) is 5.04. The number of rotatable bonds is 5. The SMILES string of the molecule is CN(C)c1ccc(C#CCNC(=O)CN(C)S(C)(=O)=O)cc1. The average Bonchev–Trinajstić information content (AvgIpc) is 2.43. The number of hydrogen-bond donors (Lipinski definition) is 1. The number of nitrogens with one attached hydrogen (secondary N) is 1. The smallest absolute Gasteiger partial charge is 0.236 e. The molecule has 0 unspecified atom stereocenters. The Morgan fingerprint density at radius 1 is 1.18 bits per heavy atom. The van der Waals surface area contributed by atoms with Crippen LogP contribution in [0, 0.1) is 11.8 Å². The summed E-state index contributed by atoms with van der Waals surface area (Å²) in [5, 5.41) is 2.56. The average molecular weight is 323 g/mol. The van der Waals surface area contributed by atoms with Gasteiger partial charge < -0.3 is 10.2 Å². The van der Waals surface area contributed by atoms with Crippen LogP contribution in [0.5, 0.6) is 0 Å². The van der Waals surface area contributed by atoms with E-state index in [1.165, 1.54) is 7.05 Å². The number of likely N-dealkylation sites (N-methyl/N-ethyl adjacent to an activating group) is 1. The fourth-order valence-electron chi connectivity index (χ4n) is 1.51. The molecule has 7 heteroatoms. The number of carbonyl (C=O) groups excluding carboxylic acids is 1. The van der Waals surface area contributed by atoms with Crippen molar-refractivity contribution in [2.24, 2.45) is 0 Å². The molecule has 0 fully saturated rings. The van der Waals surface area contributed by atoms with E-state index in [9.17, 15) is 13.2 Å². The van der Waals surface area contributed by atoms with E-state index in [-0.39, 0.29) is 19.0 Å². The van der Waals surface area contributed by atoms with Crippen molar-refractivity contribution in [1.29, 1.82) is 0 Å². The van der Waals surface area contributed by atoms with E-state index >= 15 is 0 Å². The zero-order valence-electron chi connectivity index (χ0n) is 13.3. The Balaban J connectivity index is 2.46. The Labute approximate surface area is 132 Å². The molecule has 0 aliphatic rings. The molecule has 0 heterocycles. The van der Waals surface area contributed by atoms with Crippen LogP contribution in [-0.2, 0) is 14.8 Å². The van der Waals surface area contributed by atoms with E-state index in [0.717, 1.165) is 21.8 Å². The quantitative estimate of drug-likeness (QED) is 0.781. The van der Waals surface area contributed by atoms with Crippen molar-refractivity contribution < 1.29 is 13.2 Å². The summed E-state index contributed by atoms with van der Waals surface area (Å²) >= 11 is 0. The van der Waals surface area contributed by atoms with E-state index in [1.807, 2.05) is 43.3 Å². The van der Waals surface area contributed by atoms with Gasteiger partial charge in [0.1, 0.15) is 0 Å². The van der Waals surface area contributed by atoms with Gasteiger partial charge in [-0.25, -0.2) is 8.42 Å². The lowest BCUT2D eigenvalue weighted by Crippen LogP contribution is -2.37. The summed E-state index contributed by atoms with van der Waals surface area (Å²) in [6.07, 6.45) is 1.05. The lowest BCUT2D eigenvalue weighted by molar-refractivity contribution is -0.120. The standard InChI is InChI=1S/C15H21N3O3S/c1-17(2)14-9-7-13(8-10-14)6-5-11-16-15(19)12-18(3)22(4,20)21/h7-10H,11-12H2,1-4H3,(H,16,19). The highest BCUT2D eigenvalue weighted by molar-refractivity contribution is 7.88. The van der Waals surface area contributed by atoms with Crippen LogP contribution < -0.4 is 10.2 Å². The monoisotopic (exact) mass is 323 g/mol. The molecule has 0 aliphatic heterocycles. The highest BCUT2D eigenvalue weighted by Crippen LogP contribution is 2.11. The number of benzene rings is 1. The molecule has 6 nitrogen and oxygen atoms in total. The fourth-order valence-corrected chi connectivity index (χ4v) is 1.86. The third-order valence-corrected chi connectivity index (χ3v) is 4.18. The molecular formula is C15H21N3O3S. The van der Waals surface area contributed by atoms with Crippen LogP contribution >= 0.6 is 0 Å². The summed E-state index contributed by atoms with van der Waals surface area (Å²) in [5.41, 5.74) is 1.94. The summed E-state index contributed by atoms with van der Waals surface area (Å²) < 4.78 is 23.3. The van der Waals surface area contributed by atoms with Crippen molar-refractivity contribution in [2.75, 3.05) is 45.4 Å². The normalized spacial score (nSPS) is 10.8. The van der Waals surface area contributed by atoms with Crippen LogP contribution in [0.2, 0.25) is 0 Å². The van der Waals surface area contributed by atoms with Gasteiger partial charge in [-0.15, -0.1) is 0 Å². The molecule has 120 valence electrons. The number of sulfonamides is 1. The topological polar surface area (TPSA) is 69.7 Å². The maximum atomic E-state index is 11.5. The van der Waals surface area contributed by atoms with E-state index < -0.39 is 10.0 Å². The first-order valence-corrected chi connectivity index (χ1v) is 8.49. The third-order valence-electron chi connectivity index (χ3n) is 2.92. The van der Waals surface area contributed by atoms with Crippen LogP contribution in [0.1, 0.15) is 5.56 Å². The Morgan fingerprint density at radius 2 is 1.77 bits per heavy atom. The molecule has 0 spiro atoms. The first-order chi connectivity index (χ1) is 10.2. The van der Waals surface area contributed by atoms with E-state index in [4.69, 9.17) is 0 Å². The van der Waals surface area contributed by atoms with Crippen LogP contribution in [0.4, 0.5) is 5.69 Å². The van der Waals surface area contributed by atoms with Gasteiger partial charge in [-0.1, -0.05) is 11.8 Å². The maximum absolute atomic E-state index is 11.5. The largest absolute Gasteiger partial charge is 0.378 e. The van der Waals surface area contributed by atoms with Gasteiger partial charge >= 0.3 is 0 Å². The van der Waals surface area contributed by atoms with Gasteiger partial charge in [0, 0.05) is 32.4 Å². The minimum Gasteiger partial charge on any atom is -0.378 e. The van der Waals surface area contributed by atoms with Crippen molar-refractivity contribution in [3.8, 4) is 11.8 Å². The lowest BCUT2D eigenvalue weighted by atomic mass is 10.2. The van der Waals surface area contributed by atoms with Crippen LogP contribution in [-0.4, -0.2) is 59.1 Å². The number of nitrogens with zero attached hydrogens (tertiary/aromatic N) is 2. The Morgan fingerprint density at radius 3 is 2.27 bits per heavy atom. The summed E-state index contributed by atoms with van der Waals surface area (Å²) in [6, 6.07) is 7.73. The molecule has 0 atom stereocenters. The zero-order chi connectivity index (χ0) is 16.8. The molecule has 0 aromatic heterocycles. The molecule has 1 rings (SSSR count). The molecule has 1 N–H and O–H groups in total. The first-order valence-electron chi connectivity index (χ1n) is 6.64. The minimum atomic E-state index is -3.35. The molecule has 1 aromatic rings. The van der Waals surface area contributed by atoms with Gasteiger partial charge in [-0.2, -0.15) is 4.31 Å². The number of amides is 1. The molecule has 0 radical (unpaired) electrons. The second-order valence-corrected chi connectivity index (χ2v) is 7.13. The van der Waals surface area contributed by atoms with E-state index in [2.05, 4.69) is 17.2 Å². The van der Waals surface area contributed by atoms with Crippen LogP contribution in [0.25, 0.3) is 0 Å². The number of hydrogen-bond acceptors (Lipinski definition) is 4. The van der Waals surface area contributed by atoms with Gasteiger partial charge in [-0.05, 0) is 24.3 Å². The van der Waals surface area contributed by atoms with E-state index in [1.54, 1.807) is 0 Å². The van der Waals surface area contributed by atoms with Crippen molar-refractivity contribution >= 4 is 21.6 Å². The Bertz CT molecular complexity index is 670. The van der Waals surface area contributed by atoms with Gasteiger partial charge in [0.2, 0.25) is 15.9 Å². The van der Waals surface area contributed by atoms with Crippen molar-refractivity contribution in [2.45, 2.75) is 0 Å². The van der Waals surface area contributed by atoms with Crippen molar-refractivity contribution in [1.82, 2.24) is 9.62 Å². The van der Waals surface area contributed by atoms with Crippen molar-refractivity contribution in [3.63, 3.8) is 0 Å². The lowest BCUT2D eigenvalue weighted by Gasteiger charge is -2.12. The predicted molar refractivity (Wildman–Crippen MR) is 88.1 cm³/mol. The van der Waals surface area contributed by atoms with E-state index in [0.29, 0.717) is 0 Å². The summed E-state index contributed by atoms with van der Waals surface area (Å²) in [7, 11) is 1.93. The summed E-state index contributed by atoms with van der Waals surface area (Å²) in [4.78, 5) is 13.5. The summed E-state index contributed by atoms with van der Waals surface area (Å²) in [5.74, 6) is 5.38. The van der Waals surface area contributed by atoms with Gasteiger partial charge in [0.15, 0.2) is 0 Å². The fraction of sp³-hybridized carbons (Fsp3) is 0.400. The number of carbonyl (C=O) groups is 1. The molecule has 1 amide bonds. The van der Waals surface area contributed by atoms with Crippen molar-refractivity contribution in [3.05, 3.63) is 29.8 Å². The molecule has 0 saturated carbocycles. The Kier molecular flexibility index (Phi) is 6.40. The van der Waals surface area contributed by atoms with Gasteiger partial charge in [-0.3, -0.25) is 4.79 Å². The number of anilines is 1. The predicted octanol–water partition coefficient (Wildman–Crippen LogP) is 0.112. The van der Waals surface area contributed by atoms with Crippen LogP contribution in [0.3, 0.4) is 0 Å². The highest BCUT2D eigenvalue weighted by Gasteiger charge is 2.14. The molecular weight excluding hydrogens is 302 g/mol. The minimum absolute atomic E-state index is 0.172. The van der Waals surface area contributed by atoms with Gasteiger partial charge in [0.25, 0.3) is 0 Å². The third kappa shape index (κ3) is 6.16. The molecule has 0 bridgehead atoms. The van der Waals surface area contributed by atoms with Crippen LogP contribution in [0.15, 0.2) is 24.3 Å². The zero-order valence-corrected chi connectivity index (χ0v) is 14.1. The highest BCUT2D eigenvalue weighted by atomic mass is 32.2. The molecule has 0 aliphatic carbocycles. The molecule has 1 aromatic carbocycles.